The lowest BCUT2D eigenvalue weighted by atomic mass is 10.2. The van der Waals surface area contributed by atoms with E-state index in [0.29, 0.717) is 12.4 Å². The van der Waals surface area contributed by atoms with Crippen molar-refractivity contribution in [3.63, 3.8) is 0 Å². The number of thiazole rings is 1. The first-order chi connectivity index (χ1) is 9.31. The number of ether oxygens (including phenoxy) is 1. The van der Waals surface area contributed by atoms with Crippen LogP contribution in [0.1, 0.15) is 15.6 Å². The van der Waals surface area contributed by atoms with Gasteiger partial charge in [0.05, 0.1) is 17.3 Å². The molecular formula is C14H15FN2OS. The maximum Gasteiger partial charge on any atom is 0.126 e. The Balaban J connectivity index is 1.56. The van der Waals surface area contributed by atoms with Crippen molar-refractivity contribution in [2.75, 3.05) is 13.2 Å². The van der Waals surface area contributed by atoms with Crippen LogP contribution in [0.3, 0.4) is 0 Å². The van der Waals surface area contributed by atoms with Crippen LogP contribution in [0, 0.1) is 5.82 Å². The molecule has 0 unspecified atom stereocenters. The normalized spacial score (nSPS) is 14.2. The molecule has 1 aromatic carbocycles. The predicted molar refractivity (Wildman–Crippen MR) is 73.1 cm³/mol. The highest BCUT2D eigenvalue weighted by Crippen LogP contribution is 2.22. The molecule has 2 heterocycles. The molecule has 0 aliphatic carbocycles. The fourth-order valence-electron chi connectivity index (χ4n) is 2.10. The number of halogens is 1. The van der Waals surface area contributed by atoms with Crippen LogP contribution in [-0.2, 0) is 19.4 Å². The van der Waals surface area contributed by atoms with E-state index in [4.69, 9.17) is 4.74 Å². The van der Waals surface area contributed by atoms with Crippen molar-refractivity contribution in [1.29, 1.82) is 0 Å². The molecular weight excluding hydrogens is 263 g/mol. The highest BCUT2D eigenvalue weighted by molar-refractivity contribution is 7.11. The van der Waals surface area contributed by atoms with Gasteiger partial charge in [-0.15, -0.1) is 11.3 Å². The Bertz CT molecular complexity index is 547. The van der Waals surface area contributed by atoms with Crippen LogP contribution in [0.25, 0.3) is 0 Å². The Labute approximate surface area is 115 Å². The van der Waals surface area contributed by atoms with Gasteiger partial charge in [0.15, 0.2) is 0 Å². The van der Waals surface area contributed by atoms with E-state index in [9.17, 15) is 4.39 Å². The smallest absolute Gasteiger partial charge is 0.126 e. The van der Waals surface area contributed by atoms with Gasteiger partial charge in [-0.05, 0) is 12.1 Å². The molecule has 3 rings (SSSR count). The van der Waals surface area contributed by atoms with Crippen LogP contribution in [0.4, 0.5) is 4.39 Å². The summed E-state index contributed by atoms with van der Waals surface area (Å²) >= 11 is 1.75. The largest absolute Gasteiger partial charge is 0.493 e. The number of fused-ring (bicyclic) bond motifs is 1. The first-order valence-electron chi connectivity index (χ1n) is 6.38. The average Bonchev–Trinajstić information content (AvgIpc) is 2.81. The van der Waals surface area contributed by atoms with Gasteiger partial charge in [-0.25, -0.2) is 9.37 Å². The third-order valence-corrected chi connectivity index (χ3v) is 4.18. The number of benzene rings is 1. The number of rotatable bonds is 4. The number of aromatic nitrogens is 1. The fourth-order valence-corrected chi connectivity index (χ4v) is 3.16. The third kappa shape index (κ3) is 3.11. The second-order valence-corrected chi connectivity index (χ2v) is 5.63. The van der Waals surface area contributed by atoms with E-state index in [-0.39, 0.29) is 5.82 Å². The molecule has 1 aromatic heterocycles. The molecule has 2 aromatic rings. The van der Waals surface area contributed by atoms with Crippen molar-refractivity contribution in [2.45, 2.75) is 19.4 Å². The van der Waals surface area contributed by atoms with Crippen molar-refractivity contribution in [3.8, 4) is 5.75 Å². The van der Waals surface area contributed by atoms with Gasteiger partial charge >= 0.3 is 0 Å². The molecule has 3 nitrogen and oxygen atoms in total. The standard InChI is InChI=1S/C14H15FN2OS/c15-10-2-1-3-11(8-10)18-7-5-14-17-12-4-6-16-9-13(12)19-14/h1-3,8,16H,4-7,9H2. The Kier molecular flexibility index (Phi) is 3.75. The minimum Gasteiger partial charge on any atom is -0.493 e. The monoisotopic (exact) mass is 278 g/mol. The molecule has 100 valence electrons. The zero-order valence-corrected chi connectivity index (χ0v) is 11.3. The molecule has 0 spiro atoms. The first-order valence-corrected chi connectivity index (χ1v) is 7.19. The lowest BCUT2D eigenvalue weighted by Crippen LogP contribution is -2.22. The summed E-state index contributed by atoms with van der Waals surface area (Å²) in [5, 5.41) is 4.44. The molecule has 0 bridgehead atoms. The van der Waals surface area contributed by atoms with Crippen LogP contribution < -0.4 is 10.1 Å². The Morgan fingerprint density at radius 2 is 2.37 bits per heavy atom. The van der Waals surface area contributed by atoms with Gasteiger partial charge in [0, 0.05) is 36.9 Å². The molecule has 0 saturated carbocycles. The highest BCUT2D eigenvalue weighted by atomic mass is 32.1. The second-order valence-electron chi connectivity index (χ2n) is 4.46. The van der Waals surface area contributed by atoms with Crippen LogP contribution in [0.5, 0.6) is 5.75 Å². The van der Waals surface area contributed by atoms with E-state index in [0.717, 1.165) is 30.9 Å². The Morgan fingerprint density at radius 3 is 3.21 bits per heavy atom. The van der Waals surface area contributed by atoms with Crippen LogP contribution in [0.15, 0.2) is 24.3 Å². The molecule has 0 amide bonds. The number of nitrogens with zero attached hydrogens (tertiary/aromatic N) is 1. The van der Waals surface area contributed by atoms with Gasteiger partial charge < -0.3 is 10.1 Å². The number of hydrogen-bond donors (Lipinski definition) is 1. The molecule has 1 N–H and O–H groups in total. The summed E-state index contributed by atoms with van der Waals surface area (Å²) in [4.78, 5) is 5.96. The lowest BCUT2D eigenvalue weighted by molar-refractivity contribution is 0.320. The summed E-state index contributed by atoms with van der Waals surface area (Å²) in [7, 11) is 0. The molecule has 0 saturated heterocycles. The quantitative estimate of drug-likeness (QED) is 0.933. The topological polar surface area (TPSA) is 34.1 Å². The second kappa shape index (κ2) is 5.67. The zero-order valence-electron chi connectivity index (χ0n) is 10.5. The van der Waals surface area contributed by atoms with E-state index in [1.165, 1.54) is 22.7 Å². The van der Waals surface area contributed by atoms with Crippen molar-refractivity contribution in [1.82, 2.24) is 10.3 Å². The maximum atomic E-state index is 13.0. The maximum absolute atomic E-state index is 13.0. The lowest BCUT2D eigenvalue weighted by Gasteiger charge is -2.09. The van der Waals surface area contributed by atoms with Gasteiger partial charge in [0.1, 0.15) is 11.6 Å². The van der Waals surface area contributed by atoms with Crippen LogP contribution >= 0.6 is 11.3 Å². The number of nitrogens with one attached hydrogen (secondary N) is 1. The molecule has 5 heteroatoms. The summed E-state index contributed by atoms with van der Waals surface area (Å²) in [6.45, 7) is 2.47. The molecule has 0 fully saturated rings. The predicted octanol–water partition coefficient (Wildman–Crippen LogP) is 2.55. The molecule has 0 atom stereocenters. The van der Waals surface area contributed by atoms with Crippen molar-refractivity contribution in [3.05, 3.63) is 45.7 Å². The molecule has 1 aliphatic rings. The molecule has 0 radical (unpaired) electrons. The molecule has 1 aliphatic heterocycles. The highest BCUT2D eigenvalue weighted by Gasteiger charge is 2.14. The van der Waals surface area contributed by atoms with Gasteiger partial charge in [-0.2, -0.15) is 0 Å². The first kappa shape index (κ1) is 12.6. The van der Waals surface area contributed by atoms with Crippen LogP contribution in [0.2, 0.25) is 0 Å². The minimum absolute atomic E-state index is 0.270. The van der Waals surface area contributed by atoms with E-state index in [1.54, 1.807) is 23.5 Å². The SMILES string of the molecule is Fc1cccc(OCCc2nc3c(s2)CNCC3)c1. The van der Waals surface area contributed by atoms with Gasteiger partial charge in [0.2, 0.25) is 0 Å². The minimum atomic E-state index is -0.270. The summed E-state index contributed by atoms with van der Waals surface area (Å²) < 4.78 is 18.5. The van der Waals surface area contributed by atoms with E-state index in [2.05, 4.69) is 10.3 Å². The van der Waals surface area contributed by atoms with Gasteiger partial charge in [0.25, 0.3) is 0 Å². The summed E-state index contributed by atoms with van der Waals surface area (Å²) in [6, 6.07) is 6.23. The summed E-state index contributed by atoms with van der Waals surface area (Å²) in [5.41, 5.74) is 1.23. The Hall–Kier alpha value is -1.46. The van der Waals surface area contributed by atoms with Gasteiger partial charge in [-0.3, -0.25) is 0 Å². The van der Waals surface area contributed by atoms with Crippen molar-refractivity contribution >= 4 is 11.3 Å². The van der Waals surface area contributed by atoms with Crippen molar-refractivity contribution < 1.29 is 9.13 Å². The van der Waals surface area contributed by atoms with E-state index < -0.39 is 0 Å². The van der Waals surface area contributed by atoms with Crippen LogP contribution in [-0.4, -0.2) is 18.1 Å². The Morgan fingerprint density at radius 1 is 1.42 bits per heavy atom. The fraction of sp³-hybridized carbons (Fsp3) is 0.357. The average molecular weight is 278 g/mol. The van der Waals surface area contributed by atoms with E-state index >= 15 is 0 Å². The van der Waals surface area contributed by atoms with E-state index in [1.807, 2.05) is 0 Å². The summed E-state index contributed by atoms with van der Waals surface area (Å²) in [6.07, 6.45) is 1.78. The molecule has 19 heavy (non-hydrogen) atoms. The third-order valence-electron chi connectivity index (χ3n) is 3.03. The number of hydrogen-bond acceptors (Lipinski definition) is 4. The summed E-state index contributed by atoms with van der Waals surface area (Å²) in [5.74, 6) is 0.302. The van der Waals surface area contributed by atoms with Crippen molar-refractivity contribution in [2.24, 2.45) is 0 Å². The zero-order chi connectivity index (χ0) is 13.1. The van der Waals surface area contributed by atoms with Gasteiger partial charge in [-0.1, -0.05) is 6.07 Å².